The molecule has 0 bridgehead atoms. The van der Waals surface area contributed by atoms with Crippen molar-refractivity contribution in [3.63, 3.8) is 0 Å². The van der Waals surface area contributed by atoms with Crippen LogP contribution >= 0.6 is 22.6 Å². The highest BCUT2D eigenvalue weighted by Gasteiger charge is 2.07. The second kappa shape index (κ2) is 2.90. The van der Waals surface area contributed by atoms with E-state index in [-0.39, 0.29) is 0 Å². The first kappa shape index (κ1) is 8.87. The van der Waals surface area contributed by atoms with Crippen molar-refractivity contribution in [2.45, 2.75) is 13.8 Å². The smallest absolute Gasteiger partial charge is 0.119 e. The molecule has 0 unspecified atom stereocenters. The number of nitrogens with one attached hydrogen (secondary N) is 1. The molecule has 68 valence electrons. The van der Waals surface area contributed by atoms with E-state index in [1.54, 1.807) is 0 Å². The summed E-state index contributed by atoms with van der Waals surface area (Å²) < 4.78 is 1.18. The van der Waals surface area contributed by atoms with Crippen molar-refractivity contribution >= 4 is 33.5 Å². The first-order valence-corrected chi connectivity index (χ1v) is 5.15. The minimum absolute atomic E-state index is 0.365. The number of aryl methyl sites for hydroxylation is 2. The van der Waals surface area contributed by atoms with Gasteiger partial charge in [-0.25, -0.2) is 0 Å². The van der Waals surface area contributed by atoms with Crippen LogP contribution in [0, 0.1) is 17.4 Å². The number of phenols is 1. The highest BCUT2D eigenvalue weighted by atomic mass is 127. The Labute approximate surface area is 90.1 Å². The van der Waals surface area contributed by atoms with Crippen molar-refractivity contribution in [2.75, 3.05) is 0 Å². The van der Waals surface area contributed by atoms with E-state index in [9.17, 15) is 5.11 Å². The molecule has 1 aromatic carbocycles. The molecule has 0 fully saturated rings. The Hall–Kier alpha value is -0.710. The average Bonchev–Trinajstić information content (AvgIpc) is 2.32. The lowest BCUT2D eigenvalue weighted by Gasteiger charge is -1.98. The number of aromatic nitrogens is 1. The van der Waals surface area contributed by atoms with E-state index in [2.05, 4.69) is 27.6 Å². The molecule has 2 aromatic rings. The fourth-order valence-electron chi connectivity index (χ4n) is 1.44. The zero-order valence-corrected chi connectivity index (χ0v) is 9.64. The van der Waals surface area contributed by atoms with Gasteiger partial charge in [-0.1, -0.05) is 0 Å². The molecule has 2 nitrogen and oxygen atoms in total. The van der Waals surface area contributed by atoms with Crippen LogP contribution in [0.5, 0.6) is 5.75 Å². The predicted molar refractivity (Wildman–Crippen MR) is 62.2 cm³/mol. The first-order valence-electron chi connectivity index (χ1n) is 4.07. The summed E-state index contributed by atoms with van der Waals surface area (Å²) in [5, 5.41) is 10.6. The lowest BCUT2D eigenvalue weighted by Crippen LogP contribution is -1.75. The molecule has 0 radical (unpaired) electrons. The Bertz CT molecular complexity index is 473. The van der Waals surface area contributed by atoms with Crippen LogP contribution in [0.3, 0.4) is 0 Å². The number of hydrogen-bond acceptors (Lipinski definition) is 1. The fourth-order valence-corrected chi connectivity index (χ4v) is 2.02. The molecular formula is C10H10INO. The van der Waals surface area contributed by atoms with Crippen molar-refractivity contribution in [1.29, 1.82) is 0 Å². The van der Waals surface area contributed by atoms with Crippen LogP contribution in [0.15, 0.2) is 12.1 Å². The number of phenolic OH excluding ortho intramolecular Hbond substituents is 1. The van der Waals surface area contributed by atoms with Crippen molar-refractivity contribution < 1.29 is 5.11 Å². The van der Waals surface area contributed by atoms with Gasteiger partial charge < -0.3 is 10.1 Å². The average molecular weight is 287 g/mol. The number of rotatable bonds is 0. The Morgan fingerprint density at radius 1 is 1.31 bits per heavy atom. The summed E-state index contributed by atoms with van der Waals surface area (Å²) in [6.45, 7) is 3.94. The maximum Gasteiger partial charge on any atom is 0.119 e. The van der Waals surface area contributed by atoms with Gasteiger partial charge in [0.15, 0.2) is 0 Å². The fraction of sp³-hybridized carbons (Fsp3) is 0.200. The van der Waals surface area contributed by atoms with Crippen molar-refractivity contribution in [3.8, 4) is 5.75 Å². The van der Waals surface area contributed by atoms with Gasteiger partial charge in [-0.3, -0.25) is 0 Å². The van der Waals surface area contributed by atoms with E-state index < -0.39 is 0 Å². The highest BCUT2D eigenvalue weighted by molar-refractivity contribution is 14.1. The molecular weight excluding hydrogens is 277 g/mol. The summed E-state index contributed by atoms with van der Waals surface area (Å²) >= 11 is 2.28. The maximum absolute atomic E-state index is 9.53. The summed E-state index contributed by atoms with van der Waals surface area (Å²) in [7, 11) is 0. The Kier molecular flexibility index (Phi) is 1.98. The number of fused-ring (bicyclic) bond motifs is 1. The van der Waals surface area contributed by atoms with Gasteiger partial charge in [0, 0.05) is 20.2 Å². The molecule has 0 aliphatic heterocycles. The minimum atomic E-state index is 0.365. The quantitative estimate of drug-likeness (QED) is 0.718. The molecule has 13 heavy (non-hydrogen) atoms. The van der Waals surface area contributed by atoms with Crippen molar-refractivity contribution in [1.82, 2.24) is 4.98 Å². The number of aromatic hydroxyl groups is 1. The van der Waals surface area contributed by atoms with Crippen LogP contribution < -0.4 is 0 Å². The zero-order chi connectivity index (χ0) is 9.59. The molecule has 0 aliphatic rings. The second-order valence-corrected chi connectivity index (χ2v) is 4.33. The molecule has 0 aliphatic carbocycles. The Morgan fingerprint density at radius 2 is 2.00 bits per heavy atom. The third kappa shape index (κ3) is 1.31. The number of aromatic amines is 1. The van der Waals surface area contributed by atoms with Gasteiger partial charge >= 0.3 is 0 Å². The lowest BCUT2D eigenvalue weighted by atomic mass is 10.1. The van der Waals surface area contributed by atoms with Crippen LogP contribution in [0.4, 0.5) is 0 Å². The van der Waals surface area contributed by atoms with Gasteiger partial charge in [-0.15, -0.1) is 0 Å². The molecule has 2 rings (SSSR count). The van der Waals surface area contributed by atoms with Gasteiger partial charge in [-0.2, -0.15) is 0 Å². The Morgan fingerprint density at radius 3 is 2.69 bits per heavy atom. The van der Waals surface area contributed by atoms with Crippen LogP contribution in [0.1, 0.15) is 11.3 Å². The number of halogens is 1. The summed E-state index contributed by atoms with van der Waals surface area (Å²) in [6, 6.07) is 3.79. The highest BCUT2D eigenvalue weighted by Crippen LogP contribution is 2.29. The first-order chi connectivity index (χ1) is 6.09. The van der Waals surface area contributed by atoms with Gasteiger partial charge in [-0.05, 0) is 54.1 Å². The standard InChI is InChI=1S/C10H10INO/c1-5-3-8-7(4-9(5)13)10(11)6(2)12-8/h3-4,12-13H,1-2H3. The summed E-state index contributed by atoms with van der Waals surface area (Å²) in [5.74, 6) is 0.365. The summed E-state index contributed by atoms with van der Waals surface area (Å²) in [6.07, 6.45) is 0. The van der Waals surface area contributed by atoms with Gasteiger partial charge in [0.05, 0.1) is 0 Å². The van der Waals surface area contributed by atoms with Crippen molar-refractivity contribution in [3.05, 3.63) is 27.0 Å². The summed E-state index contributed by atoms with van der Waals surface area (Å²) in [5.41, 5.74) is 3.16. The number of H-pyrrole nitrogens is 1. The molecule has 3 heteroatoms. The second-order valence-electron chi connectivity index (χ2n) is 3.25. The van der Waals surface area contributed by atoms with Crippen LogP contribution in [-0.4, -0.2) is 10.1 Å². The van der Waals surface area contributed by atoms with Crippen LogP contribution in [0.2, 0.25) is 0 Å². The van der Waals surface area contributed by atoms with E-state index in [0.29, 0.717) is 5.75 Å². The third-order valence-corrected chi connectivity index (χ3v) is 3.61. The van der Waals surface area contributed by atoms with E-state index in [0.717, 1.165) is 22.2 Å². The van der Waals surface area contributed by atoms with Gasteiger partial charge in [0.2, 0.25) is 0 Å². The number of benzene rings is 1. The molecule has 0 spiro atoms. The van der Waals surface area contributed by atoms with E-state index in [1.165, 1.54) is 3.57 Å². The predicted octanol–water partition coefficient (Wildman–Crippen LogP) is 3.09. The SMILES string of the molecule is Cc1cc2[nH]c(C)c(I)c2cc1O. The molecule has 0 saturated carbocycles. The largest absolute Gasteiger partial charge is 0.508 e. The monoisotopic (exact) mass is 287 g/mol. The minimum Gasteiger partial charge on any atom is -0.508 e. The molecule has 0 amide bonds. The van der Waals surface area contributed by atoms with E-state index in [1.807, 2.05) is 26.0 Å². The van der Waals surface area contributed by atoms with E-state index >= 15 is 0 Å². The topological polar surface area (TPSA) is 36.0 Å². The van der Waals surface area contributed by atoms with E-state index in [4.69, 9.17) is 0 Å². The maximum atomic E-state index is 9.53. The van der Waals surface area contributed by atoms with Gasteiger partial charge in [0.25, 0.3) is 0 Å². The molecule has 2 N–H and O–H groups in total. The molecule has 0 atom stereocenters. The van der Waals surface area contributed by atoms with Crippen molar-refractivity contribution in [2.24, 2.45) is 0 Å². The Balaban J connectivity index is 2.89. The third-order valence-electron chi connectivity index (χ3n) is 2.22. The lowest BCUT2D eigenvalue weighted by molar-refractivity contribution is 0.472. The molecule has 0 saturated heterocycles. The van der Waals surface area contributed by atoms with Crippen LogP contribution in [0.25, 0.3) is 10.9 Å². The molecule has 1 heterocycles. The number of hydrogen-bond donors (Lipinski definition) is 2. The summed E-state index contributed by atoms with van der Waals surface area (Å²) in [4.78, 5) is 3.28. The molecule has 1 aromatic heterocycles. The normalized spacial score (nSPS) is 11.0. The van der Waals surface area contributed by atoms with Crippen LogP contribution in [-0.2, 0) is 0 Å². The zero-order valence-electron chi connectivity index (χ0n) is 7.48. The van der Waals surface area contributed by atoms with Gasteiger partial charge in [0.1, 0.15) is 5.75 Å².